The Hall–Kier alpha value is -4.57. The summed E-state index contributed by atoms with van der Waals surface area (Å²) < 4.78 is 10.9. The number of piperazine rings is 1. The monoisotopic (exact) mass is 584 g/mol. The molecule has 3 aliphatic rings. The van der Waals surface area contributed by atoms with Crippen LogP contribution in [0.4, 0.5) is 11.4 Å². The summed E-state index contributed by atoms with van der Waals surface area (Å²) >= 11 is 0. The van der Waals surface area contributed by atoms with Crippen LogP contribution in [0.1, 0.15) is 35.2 Å². The smallest absolute Gasteiger partial charge is 0.305 e. The van der Waals surface area contributed by atoms with Crippen molar-refractivity contribution in [2.45, 2.75) is 25.8 Å². The fraction of sp³-hybridized carbons (Fsp3) is 0.364. The highest BCUT2D eigenvalue weighted by atomic mass is 16.7. The first-order valence-corrected chi connectivity index (χ1v) is 14.7. The van der Waals surface area contributed by atoms with Crippen molar-refractivity contribution in [3.8, 4) is 22.6 Å². The van der Waals surface area contributed by atoms with E-state index >= 15 is 0 Å². The maximum Gasteiger partial charge on any atom is 0.305 e. The minimum Gasteiger partial charge on any atom is -0.481 e. The van der Waals surface area contributed by atoms with Crippen LogP contribution in [0.3, 0.4) is 0 Å². The Bertz CT molecular complexity index is 1530. The Morgan fingerprint density at radius 1 is 0.930 bits per heavy atom. The third-order valence-corrected chi connectivity index (χ3v) is 8.19. The van der Waals surface area contributed by atoms with Gasteiger partial charge in [0.1, 0.15) is 0 Å². The average molecular weight is 585 g/mol. The molecule has 0 aromatic heterocycles. The summed E-state index contributed by atoms with van der Waals surface area (Å²) in [5.41, 5.74) is 4.93. The van der Waals surface area contributed by atoms with Gasteiger partial charge < -0.3 is 34.6 Å². The average Bonchev–Trinajstić information content (AvgIpc) is 3.76. The Morgan fingerprint density at radius 2 is 1.70 bits per heavy atom. The molecule has 2 fully saturated rings. The molecular weight excluding hydrogens is 548 g/mol. The van der Waals surface area contributed by atoms with Crippen LogP contribution in [0.15, 0.2) is 60.7 Å². The minimum absolute atomic E-state index is 0.00928. The van der Waals surface area contributed by atoms with Crippen LogP contribution >= 0.6 is 0 Å². The zero-order chi connectivity index (χ0) is 29.9. The summed E-state index contributed by atoms with van der Waals surface area (Å²) in [7, 11) is 2.11. The van der Waals surface area contributed by atoms with E-state index in [-0.39, 0.29) is 37.5 Å². The van der Waals surface area contributed by atoms with Crippen molar-refractivity contribution in [1.82, 2.24) is 9.80 Å². The standard InChI is InChI=1S/C33H36N4O6/c1-35-13-15-36(16-14-35)28-9-7-25(18-27(28)34-32(40)26-8-10-29-30(19-26)43-21-42-29)24-4-2-3-22(17-24)20-37(12-11-31(38)39)33(41)23-5-6-23/h2-4,7-10,17-19,23H,5-6,11-16,20-21H2,1H3,(H,34,40)(H,38,39). The lowest BCUT2D eigenvalue weighted by atomic mass is 10.0. The lowest BCUT2D eigenvalue weighted by molar-refractivity contribution is -0.139. The van der Waals surface area contributed by atoms with Gasteiger partial charge in [-0.05, 0) is 73.0 Å². The largest absolute Gasteiger partial charge is 0.481 e. The van der Waals surface area contributed by atoms with Crippen molar-refractivity contribution < 1.29 is 29.0 Å². The number of hydrogen-bond acceptors (Lipinski definition) is 7. The third-order valence-electron chi connectivity index (χ3n) is 8.19. The molecule has 1 aliphatic carbocycles. The predicted octanol–water partition coefficient (Wildman–Crippen LogP) is 4.30. The number of ether oxygens (including phenoxy) is 2. The van der Waals surface area contributed by atoms with Gasteiger partial charge in [-0.3, -0.25) is 14.4 Å². The van der Waals surface area contributed by atoms with Crippen LogP contribution in [0.5, 0.6) is 11.5 Å². The predicted molar refractivity (Wildman–Crippen MR) is 162 cm³/mol. The molecule has 10 heteroatoms. The number of anilines is 2. The number of carboxylic acid groups (broad SMARTS) is 1. The van der Waals surface area contributed by atoms with Gasteiger partial charge in [-0.1, -0.05) is 24.3 Å². The van der Waals surface area contributed by atoms with Gasteiger partial charge in [0.15, 0.2) is 11.5 Å². The summed E-state index contributed by atoms with van der Waals surface area (Å²) in [6.07, 6.45) is 1.64. The molecule has 2 aliphatic heterocycles. The number of nitrogens with one attached hydrogen (secondary N) is 1. The van der Waals surface area contributed by atoms with Crippen molar-refractivity contribution in [2.75, 3.05) is 56.8 Å². The van der Waals surface area contributed by atoms with Gasteiger partial charge in [0.25, 0.3) is 5.91 Å². The molecule has 0 atom stereocenters. The highest BCUT2D eigenvalue weighted by molar-refractivity contribution is 6.06. The summed E-state index contributed by atoms with van der Waals surface area (Å²) in [6.45, 7) is 4.22. The highest BCUT2D eigenvalue weighted by Gasteiger charge is 2.33. The Morgan fingerprint density at radius 3 is 2.47 bits per heavy atom. The number of likely N-dealkylation sites (N-methyl/N-ethyl adjacent to an activating group) is 1. The molecule has 3 aromatic carbocycles. The Kier molecular flexibility index (Phi) is 8.20. The number of benzene rings is 3. The summed E-state index contributed by atoms with van der Waals surface area (Å²) in [5.74, 6) is 0.0454. The quantitative estimate of drug-likeness (QED) is 0.363. The van der Waals surface area contributed by atoms with Crippen LogP contribution in [0.25, 0.3) is 11.1 Å². The van der Waals surface area contributed by atoms with E-state index in [1.807, 2.05) is 30.3 Å². The normalized spacial score (nSPS) is 16.2. The molecule has 6 rings (SSSR count). The van der Waals surface area contributed by atoms with E-state index in [9.17, 15) is 19.5 Å². The molecule has 0 bridgehead atoms. The van der Waals surface area contributed by atoms with Gasteiger partial charge in [-0.2, -0.15) is 0 Å². The third kappa shape index (κ3) is 6.75. The topological polar surface area (TPSA) is 112 Å². The number of carbonyl (C=O) groups excluding carboxylic acids is 2. The highest BCUT2D eigenvalue weighted by Crippen LogP contribution is 2.36. The molecular formula is C33H36N4O6. The zero-order valence-electron chi connectivity index (χ0n) is 24.3. The van der Waals surface area contributed by atoms with E-state index in [0.29, 0.717) is 29.3 Å². The van der Waals surface area contributed by atoms with Gasteiger partial charge in [0, 0.05) is 50.7 Å². The number of aliphatic carboxylic acids is 1. The van der Waals surface area contributed by atoms with Gasteiger partial charge in [0.2, 0.25) is 12.7 Å². The molecule has 1 saturated heterocycles. The van der Waals surface area contributed by atoms with E-state index in [4.69, 9.17) is 9.47 Å². The number of carboxylic acids is 1. The van der Waals surface area contributed by atoms with Gasteiger partial charge in [-0.25, -0.2) is 0 Å². The van der Waals surface area contributed by atoms with Crippen LogP contribution in [0, 0.1) is 5.92 Å². The van der Waals surface area contributed by atoms with Gasteiger partial charge >= 0.3 is 5.97 Å². The van der Waals surface area contributed by atoms with Crippen molar-refractivity contribution in [1.29, 1.82) is 0 Å². The van der Waals surface area contributed by atoms with E-state index in [0.717, 1.165) is 61.4 Å². The molecule has 2 N–H and O–H groups in total. The number of fused-ring (bicyclic) bond motifs is 1. The first kappa shape index (κ1) is 28.5. The molecule has 3 aromatic rings. The summed E-state index contributed by atoms with van der Waals surface area (Å²) in [6, 6.07) is 19.2. The molecule has 0 spiro atoms. The van der Waals surface area contributed by atoms with Crippen molar-refractivity contribution in [3.63, 3.8) is 0 Å². The SMILES string of the molecule is CN1CCN(c2ccc(-c3cccc(CN(CCC(=O)O)C(=O)C4CC4)c3)cc2NC(=O)c2ccc3c(c2)OCO3)CC1. The van der Waals surface area contributed by atoms with Crippen LogP contribution < -0.4 is 19.7 Å². The number of hydrogen-bond donors (Lipinski definition) is 2. The first-order chi connectivity index (χ1) is 20.8. The molecule has 10 nitrogen and oxygen atoms in total. The van der Waals surface area contributed by atoms with Gasteiger partial charge in [-0.15, -0.1) is 0 Å². The molecule has 0 unspecified atom stereocenters. The molecule has 0 radical (unpaired) electrons. The van der Waals surface area contributed by atoms with Crippen LogP contribution in [-0.4, -0.2) is 79.3 Å². The second-order valence-electron chi connectivity index (χ2n) is 11.4. The van der Waals surface area contributed by atoms with E-state index < -0.39 is 5.97 Å². The minimum atomic E-state index is -0.918. The number of carbonyl (C=O) groups is 3. The molecule has 224 valence electrons. The van der Waals surface area contributed by atoms with Crippen molar-refractivity contribution in [3.05, 3.63) is 71.8 Å². The zero-order valence-corrected chi connectivity index (χ0v) is 24.3. The summed E-state index contributed by atoms with van der Waals surface area (Å²) in [5, 5.41) is 12.3. The Balaban J connectivity index is 1.27. The molecule has 2 heterocycles. The first-order valence-electron chi connectivity index (χ1n) is 14.7. The molecule has 1 saturated carbocycles. The van der Waals surface area contributed by atoms with E-state index in [1.165, 1.54) is 0 Å². The maximum absolute atomic E-state index is 13.4. The number of amides is 2. The van der Waals surface area contributed by atoms with E-state index in [1.54, 1.807) is 23.1 Å². The molecule has 2 amide bonds. The van der Waals surface area contributed by atoms with Crippen LogP contribution in [0.2, 0.25) is 0 Å². The maximum atomic E-state index is 13.4. The second kappa shape index (κ2) is 12.3. The Labute approximate surface area is 250 Å². The molecule has 43 heavy (non-hydrogen) atoms. The van der Waals surface area contributed by atoms with Crippen molar-refractivity contribution in [2.24, 2.45) is 5.92 Å². The second-order valence-corrected chi connectivity index (χ2v) is 11.4. The summed E-state index contributed by atoms with van der Waals surface area (Å²) in [4.78, 5) is 43.8. The lowest BCUT2D eigenvalue weighted by Gasteiger charge is -2.35. The fourth-order valence-electron chi connectivity index (χ4n) is 5.53. The van der Waals surface area contributed by atoms with Gasteiger partial charge in [0.05, 0.1) is 17.8 Å². The van der Waals surface area contributed by atoms with E-state index in [2.05, 4.69) is 34.3 Å². The lowest BCUT2D eigenvalue weighted by Crippen LogP contribution is -2.44. The number of nitrogens with zero attached hydrogens (tertiary/aromatic N) is 3. The number of rotatable bonds is 10. The van der Waals surface area contributed by atoms with Crippen molar-refractivity contribution >= 4 is 29.2 Å². The fourth-order valence-corrected chi connectivity index (χ4v) is 5.53. The van der Waals surface area contributed by atoms with Crippen LogP contribution in [-0.2, 0) is 16.1 Å².